The Kier molecular flexibility index (Phi) is 4.72. The van der Waals surface area contributed by atoms with Crippen LogP contribution in [0.3, 0.4) is 0 Å². The van der Waals surface area contributed by atoms with Crippen molar-refractivity contribution in [3.05, 3.63) is 24.3 Å². The smallest absolute Gasteiger partial charge is 0.321 e. The SMILES string of the molecule is CN(C)CCCOc1ccc(NC(=O)N2CC3C(C2)C3(C)C)cc1. The fraction of sp³-hybridized carbons (Fsp3) is 0.632. The van der Waals surface area contributed by atoms with Crippen molar-refractivity contribution < 1.29 is 9.53 Å². The van der Waals surface area contributed by atoms with Crippen molar-refractivity contribution in [1.82, 2.24) is 9.80 Å². The van der Waals surface area contributed by atoms with E-state index in [0.29, 0.717) is 23.9 Å². The van der Waals surface area contributed by atoms with Crippen LogP contribution in [0.25, 0.3) is 0 Å². The summed E-state index contributed by atoms with van der Waals surface area (Å²) in [6.07, 6.45) is 0.999. The Morgan fingerprint density at radius 2 is 1.88 bits per heavy atom. The molecule has 5 nitrogen and oxygen atoms in total. The third-order valence-electron chi connectivity index (χ3n) is 5.53. The number of fused-ring (bicyclic) bond motifs is 1. The number of urea groups is 1. The number of carbonyl (C=O) groups excluding carboxylic acids is 1. The number of nitrogens with one attached hydrogen (secondary N) is 1. The van der Waals surface area contributed by atoms with E-state index in [0.717, 1.165) is 37.5 Å². The van der Waals surface area contributed by atoms with Crippen molar-refractivity contribution in [3.8, 4) is 5.75 Å². The molecule has 1 heterocycles. The van der Waals surface area contributed by atoms with Crippen LogP contribution in [0.15, 0.2) is 24.3 Å². The number of anilines is 1. The maximum absolute atomic E-state index is 12.3. The number of carbonyl (C=O) groups is 1. The Morgan fingerprint density at radius 3 is 2.46 bits per heavy atom. The number of piperidine rings is 1. The molecule has 2 atom stereocenters. The highest BCUT2D eigenvalue weighted by molar-refractivity contribution is 5.89. The number of hydrogen-bond acceptors (Lipinski definition) is 3. The van der Waals surface area contributed by atoms with Gasteiger partial charge in [0.15, 0.2) is 0 Å². The molecule has 3 rings (SSSR count). The second-order valence-electron chi connectivity index (χ2n) is 7.90. The van der Waals surface area contributed by atoms with Gasteiger partial charge in [-0.3, -0.25) is 0 Å². The monoisotopic (exact) mass is 331 g/mol. The second kappa shape index (κ2) is 6.63. The highest BCUT2D eigenvalue weighted by Crippen LogP contribution is 2.61. The summed E-state index contributed by atoms with van der Waals surface area (Å²) >= 11 is 0. The van der Waals surface area contributed by atoms with E-state index in [-0.39, 0.29) is 6.03 Å². The van der Waals surface area contributed by atoms with Gasteiger partial charge < -0.3 is 19.9 Å². The summed E-state index contributed by atoms with van der Waals surface area (Å²) < 4.78 is 5.71. The van der Waals surface area contributed by atoms with Crippen molar-refractivity contribution in [2.75, 3.05) is 45.7 Å². The number of amides is 2. The third-order valence-corrected chi connectivity index (χ3v) is 5.53. The van der Waals surface area contributed by atoms with Crippen LogP contribution >= 0.6 is 0 Å². The van der Waals surface area contributed by atoms with E-state index < -0.39 is 0 Å². The predicted molar refractivity (Wildman–Crippen MR) is 96.5 cm³/mol. The zero-order chi connectivity index (χ0) is 17.3. The van der Waals surface area contributed by atoms with Gasteiger partial charge in [-0.25, -0.2) is 4.79 Å². The molecular weight excluding hydrogens is 302 g/mol. The molecule has 0 bridgehead atoms. The average molecular weight is 331 g/mol. The number of benzene rings is 1. The van der Waals surface area contributed by atoms with E-state index in [2.05, 4.69) is 38.2 Å². The molecule has 1 N–H and O–H groups in total. The number of hydrogen-bond donors (Lipinski definition) is 1. The largest absolute Gasteiger partial charge is 0.494 e. The molecule has 1 aliphatic heterocycles. The second-order valence-corrected chi connectivity index (χ2v) is 7.90. The van der Waals surface area contributed by atoms with Gasteiger partial charge in [-0.1, -0.05) is 13.8 Å². The molecule has 1 saturated heterocycles. The normalized spacial score (nSPS) is 24.0. The van der Waals surface area contributed by atoms with Gasteiger partial charge in [0.1, 0.15) is 5.75 Å². The number of rotatable bonds is 6. The average Bonchev–Trinajstić information content (AvgIpc) is 2.91. The summed E-state index contributed by atoms with van der Waals surface area (Å²) in [5, 5.41) is 2.99. The van der Waals surface area contributed by atoms with Gasteiger partial charge in [0.2, 0.25) is 0 Å². The quantitative estimate of drug-likeness (QED) is 0.815. The van der Waals surface area contributed by atoms with Gasteiger partial charge in [0.25, 0.3) is 0 Å². The van der Waals surface area contributed by atoms with Crippen molar-refractivity contribution in [3.63, 3.8) is 0 Å². The van der Waals surface area contributed by atoms with Crippen LogP contribution in [0, 0.1) is 17.3 Å². The molecular formula is C19H29N3O2. The van der Waals surface area contributed by atoms with E-state index in [1.165, 1.54) is 0 Å². The molecule has 1 aromatic carbocycles. The van der Waals surface area contributed by atoms with Crippen LogP contribution in [-0.2, 0) is 0 Å². The molecule has 2 unspecified atom stereocenters. The first kappa shape index (κ1) is 17.1. The first-order chi connectivity index (χ1) is 11.4. The molecule has 1 saturated carbocycles. The summed E-state index contributed by atoms with van der Waals surface area (Å²) in [6.45, 7) is 8.09. The van der Waals surface area contributed by atoms with E-state index in [1.807, 2.05) is 29.2 Å². The van der Waals surface area contributed by atoms with Gasteiger partial charge in [0.05, 0.1) is 6.61 Å². The Hall–Kier alpha value is -1.75. The standard InChI is InChI=1S/C19H29N3O2/c1-19(2)16-12-22(13-17(16)19)18(23)20-14-6-8-15(9-7-14)24-11-5-10-21(3)4/h6-9,16-17H,5,10-13H2,1-4H3,(H,20,23). The minimum Gasteiger partial charge on any atom is -0.494 e. The number of ether oxygens (including phenoxy) is 1. The van der Waals surface area contributed by atoms with Crippen LogP contribution in [0.2, 0.25) is 0 Å². The minimum atomic E-state index is 0.0117. The lowest BCUT2D eigenvalue weighted by atomic mass is 10.1. The first-order valence-electron chi connectivity index (χ1n) is 8.81. The topological polar surface area (TPSA) is 44.8 Å². The first-order valence-corrected chi connectivity index (χ1v) is 8.81. The van der Waals surface area contributed by atoms with Gasteiger partial charge in [-0.15, -0.1) is 0 Å². The van der Waals surface area contributed by atoms with Crippen molar-refractivity contribution >= 4 is 11.7 Å². The van der Waals surface area contributed by atoms with Crippen molar-refractivity contribution in [1.29, 1.82) is 0 Å². The highest BCUT2D eigenvalue weighted by atomic mass is 16.5. The molecule has 2 amide bonds. The van der Waals surface area contributed by atoms with E-state index in [1.54, 1.807) is 0 Å². The lowest BCUT2D eigenvalue weighted by molar-refractivity contribution is 0.209. The molecule has 5 heteroatoms. The molecule has 1 aliphatic carbocycles. The van der Waals surface area contributed by atoms with Gasteiger partial charge in [0, 0.05) is 25.3 Å². The molecule has 2 fully saturated rings. The fourth-order valence-corrected chi connectivity index (χ4v) is 3.71. The molecule has 24 heavy (non-hydrogen) atoms. The Labute approximate surface area is 145 Å². The van der Waals surface area contributed by atoms with Gasteiger partial charge >= 0.3 is 6.03 Å². The number of likely N-dealkylation sites (tertiary alicyclic amines) is 1. The van der Waals surface area contributed by atoms with Gasteiger partial charge in [-0.2, -0.15) is 0 Å². The fourth-order valence-electron chi connectivity index (χ4n) is 3.71. The zero-order valence-corrected chi connectivity index (χ0v) is 15.2. The molecule has 0 radical (unpaired) electrons. The van der Waals surface area contributed by atoms with E-state index in [4.69, 9.17) is 4.74 Å². The summed E-state index contributed by atoms with van der Waals surface area (Å²) in [5.41, 5.74) is 1.25. The molecule has 1 aromatic rings. The van der Waals surface area contributed by atoms with Crippen molar-refractivity contribution in [2.45, 2.75) is 20.3 Å². The summed E-state index contributed by atoms with van der Waals surface area (Å²) in [4.78, 5) is 16.4. The molecule has 0 spiro atoms. The van der Waals surface area contributed by atoms with Crippen LogP contribution < -0.4 is 10.1 Å². The summed E-state index contributed by atoms with van der Waals surface area (Å²) in [5.74, 6) is 2.21. The Balaban J connectivity index is 1.42. The maximum atomic E-state index is 12.3. The van der Waals surface area contributed by atoms with E-state index >= 15 is 0 Å². The van der Waals surface area contributed by atoms with Crippen LogP contribution in [-0.4, -0.2) is 56.2 Å². The molecule has 2 aliphatic rings. The predicted octanol–water partition coefficient (Wildman–Crippen LogP) is 3.14. The Morgan fingerprint density at radius 1 is 1.25 bits per heavy atom. The number of nitrogens with zero attached hydrogens (tertiary/aromatic N) is 2. The van der Waals surface area contributed by atoms with Crippen LogP contribution in [0.4, 0.5) is 10.5 Å². The Bertz CT molecular complexity index is 569. The lowest BCUT2D eigenvalue weighted by Gasteiger charge is -2.22. The molecule has 0 aromatic heterocycles. The minimum absolute atomic E-state index is 0.0117. The van der Waals surface area contributed by atoms with Crippen LogP contribution in [0.5, 0.6) is 5.75 Å². The van der Waals surface area contributed by atoms with Gasteiger partial charge in [-0.05, 0) is 62.0 Å². The van der Waals surface area contributed by atoms with E-state index in [9.17, 15) is 4.79 Å². The summed E-state index contributed by atoms with van der Waals surface area (Å²) in [6, 6.07) is 7.64. The zero-order valence-electron chi connectivity index (χ0n) is 15.2. The third kappa shape index (κ3) is 3.66. The lowest BCUT2D eigenvalue weighted by Crippen LogP contribution is -2.36. The van der Waals surface area contributed by atoms with Crippen LogP contribution in [0.1, 0.15) is 20.3 Å². The molecule has 132 valence electrons. The highest BCUT2D eigenvalue weighted by Gasteiger charge is 2.62. The van der Waals surface area contributed by atoms with Crippen molar-refractivity contribution in [2.24, 2.45) is 17.3 Å². The summed E-state index contributed by atoms with van der Waals surface area (Å²) in [7, 11) is 4.12. The maximum Gasteiger partial charge on any atom is 0.321 e.